The molecule has 0 bridgehead atoms. The van der Waals surface area contributed by atoms with Crippen molar-refractivity contribution in [3.05, 3.63) is 157 Å². The Hall–Kier alpha value is -6.92. The fraction of sp³-hybridized carbons (Fsp3) is 0.0435. The zero-order valence-electron chi connectivity index (χ0n) is 27.9. The number of fused-ring (bicyclic) bond motifs is 9. The van der Waals surface area contributed by atoms with E-state index in [0.29, 0.717) is 0 Å². The summed E-state index contributed by atoms with van der Waals surface area (Å²) in [5.41, 5.74) is 12.9. The molecule has 11 rings (SSSR count). The molecule has 0 saturated carbocycles. The Morgan fingerprint density at radius 3 is 2.04 bits per heavy atom. The topological polar surface area (TPSA) is 77.2 Å². The van der Waals surface area contributed by atoms with E-state index in [9.17, 15) is 5.11 Å². The van der Waals surface area contributed by atoms with E-state index in [4.69, 9.17) is 18.8 Å². The zero-order chi connectivity index (χ0) is 34.3. The largest absolute Gasteiger partial charge is 0.507 e. The monoisotopic (exact) mass is 671 g/mol. The van der Waals surface area contributed by atoms with E-state index in [1.54, 1.807) is 6.07 Å². The smallest absolute Gasteiger partial charge is 0.145 e. The van der Waals surface area contributed by atoms with Crippen LogP contribution in [0.3, 0.4) is 0 Å². The van der Waals surface area contributed by atoms with Crippen molar-refractivity contribution in [1.29, 1.82) is 0 Å². The molecular weight excluding hydrogens is 643 g/mol. The van der Waals surface area contributed by atoms with Crippen LogP contribution in [0.4, 0.5) is 0 Å². The SMILES string of the molecule is Oc1cccc2c1-c1nc(-c3cn(-c4ccc5oc6ccccc6c5c4)c(-c4ccc5oc6ccc(-c7ccccc7)cc6c5c4)n3)ccc1CC2. The molecule has 0 amide bonds. The van der Waals surface area contributed by atoms with Crippen molar-refractivity contribution in [2.45, 2.75) is 12.8 Å². The highest BCUT2D eigenvalue weighted by Crippen LogP contribution is 2.41. The van der Waals surface area contributed by atoms with Crippen LogP contribution >= 0.6 is 0 Å². The van der Waals surface area contributed by atoms with Gasteiger partial charge in [-0.15, -0.1) is 0 Å². The maximum atomic E-state index is 10.9. The van der Waals surface area contributed by atoms with Gasteiger partial charge in [-0.1, -0.05) is 72.8 Å². The third kappa shape index (κ3) is 4.44. The number of furan rings is 2. The molecule has 0 unspecified atom stereocenters. The molecule has 246 valence electrons. The lowest BCUT2D eigenvalue weighted by Crippen LogP contribution is -2.06. The highest BCUT2D eigenvalue weighted by Gasteiger charge is 2.23. The van der Waals surface area contributed by atoms with Crippen molar-refractivity contribution >= 4 is 43.9 Å². The Balaban J connectivity index is 1.12. The molecule has 0 atom stereocenters. The minimum atomic E-state index is 0.256. The first-order valence-electron chi connectivity index (χ1n) is 17.5. The molecule has 4 heterocycles. The first kappa shape index (κ1) is 28.9. The number of hydrogen-bond acceptors (Lipinski definition) is 5. The van der Waals surface area contributed by atoms with E-state index in [1.807, 2.05) is 48.5 Å². The van der Waals surface area contributed by atoms with Gasteiger partial charge in [-0.2, -0.15) is 0 Å². The summed E-state index contributed by atoms with van der Waals surface area (Å²) < 4.78 is 14.6. The first-order chi connectivity index (χ1) is 25.6. The predicted molar refractivity (Wildman–Crippen MR) is 207 cm³/mol. The molecule has 0 aliphatic heterocycles. The molecule has 6 nitrogen and oxygen atoms in total. The van der Waals surface area contributed by atoms with Gasteiger partial charge in [0.15, 0.2) is 0 Å². The third-order valence-corrected chi connectivity index (χ3v) is 10.4. The number of phenolic OH excluding ortho intramolecular Hbond substituents is 1. The van der Waals surface area contributed by atoms with Crippen LogP contribution in [0.1, 0.15) is 11.1 Å². The summed E-state index contributed by atoms with van der Waals surface area (Å²) in [7, 11) is 0. The van der Waals surface area contributed by atoms with E-state index in [1.165, 1.54) is 0 Å². The number of imidazole rings is 1. The molecule has 0 spiro atoms. The van der Waals surface area contributed by atoms with Gasteiger partial charge >= 0.3 is 0 Å². The number of pyridine rings is 1. The number of benzene rings is 6. The average molecular weight is 672 g/mol. The molecule has 1 aliphatic rings. The molecular formula is C46H29N3O3. The summed E-state index contributed by atoms with van der Waals surface area (Å²) >= 11 is 0. The number of para-hydroxylation sites is 1. The number of hydrogen-bond donors (Lipinski definition) is 1. The number of rotatable bonds is 4. The summed E-state index contributed by atoms with van der Waals surface area (Å²) in [6, 6.07) is 47.4. The van der Waals surface area contributed by atoms with Gasteiger partial charge in [-0.25, -0.2) is 9.97 Å². The third-order valence-electron chi connectivity index (χ3n) is 10.4. The van der Waals surface area contributed by atoms with Crippen LogP contribution in [0.25, 0.3) is 94.7 Å². The average Bonchev–Trinajstić information content (AvgIpc) is 3.91. The Morgan fingerprint density at radius 2 is 1.19 bits per heavy atom. The number of phenols is 1. The molecule has 6 heteroatoms. The highest BCUT2D eigenvalue weighted by atomic mass is 16.3. The van der Waals surface area contributed by atoms with E-state index >= 15 is 0 Å². The molecule has 52 heavy (non-hydrogen) atoms. The lowest BCUT2D eigenvalue weighted by molar-refractivity contribution is 0.476. The van der Waals surface area contributed by atoms with Gasteiger partial charge in [-0.3, -0.25) is 4.57 Å². The maximum Gasteiger partial charge on any atom is 0.145 e. The first-order valence-corrected chi connectivity index (χ1v) is 17.5. The normalized spacial score (nSPS) is 12.5. The molecule has 1 N–H and O–H groups in total. The van der Waals surface area contributed by atoms with Crippen molar-refractivity contribution in [2.75, 3.05) is 0 Å². The summed E-state index contributed by atoms with van der Waals surface area (Å²) in [5.74, 6) is 1.03. The number of aryl methyl sites for hydroxylation is 2. The Kier molecular flexibility index (Phi) is 6.13. The fourth-order valence-corrected chi connectivity index (χ4v) is 7.88. The lowest BCUT2D eigenvalue weighted by atomic mass is 9.88. The zero-order valence-corrected chi connectivity index (χ0v) is 27.9. The number of aromatic hydroxyl groups is 1. The summed E-state index contributed by atoms with van der Waals surface area (Å²) in [5, 5.41) is 15.1. The highest BCUT2D eigenvalue weighted by molar-refractivity contribution is 6.08. The maximum absolute atomic E-state index is 10.9. The van der Waals surface area contributed by atoms with Crippen LogP contribution in [-0.4, -0.2) is 19.6 Å². The minimum Gasteiger partial charge on any atom is -0.507 e. The van der Waals surface area contributed by atoms with Crippen LogP contribution in [0.15, 0.2) is 155 Å². The fourth-order valence-electron chi connectivity index (χ4n) is 7.88. The second-order valence-electron chi connectivity index (χ2n) is 13.5. The Labute approximate surface area is 297 Å². The molecule has 0 radical (unpaired) electrons. The van der Waals surface area contributed by atoms with Crippen LogP contribution in [0.2, 0.25) is 0 Å². The van der Waals surface area contributed by atoms with E-state index in [0.717, 1.165) is 119 Å². The number of nitrogens with zero attached hydrogens (tertiary/aromatic N) is 3. The summed E-state index contributed by atoms with van der Waals surface area (Å²) in [4.78, 5) is 10.5. The van der Waals surface area contributed by atoms with E-state index in [2.05, 4.69) is 95.7 Å². The second kappa shape index (κ2) is 11.0. The predicted octanol–water partition coefficient (Wildman–Crippen LogP) is 11.5. The van der Waals surface area contributed by atoms with Crippen molar-refractivity contribution < 1.29 is 13.9 Å². The van der Waals surface area contributed by atoms with Crippen molar-refractivity contribution in [2.24, 2.45) is 0 Å². The van der Waals surface area contributed by atoms with Gasteiger partial charge in [-0.05, 0) is 102 Å². The minimum absolute atomic E-state index is 0.256. The van der Waals surface area contributed by atoms with Gasteiger partial charge in [0.05, 0.1) is 11.4 Å². The molecule has 1 aliphatic carbocycles. The van der Waals surface area contributed by atoms with Gasteiger partial charge in [0.2, 0.25) is 0 Å². The standard InChI is InChI=1S/C46H29N3O3/c50-39-11-6-9-28-13-14-29-15-19-37(47-45(29)44(28)39)38-26-49(32-18-22-43-36(25-32)33-10-4-5-12-40(33)51-43)46(48-38)31-17-21-42-35(24-31)34-23-30(16-20-41(34)52-42)27-7-2-1-3-8-27/h1-12,15-26,50H,13-14H2. The molecule has 6 aromatic carbocycles. The summed E-state index contributed by atoms with van der Waals surface area (Å²) in [6.45, 7) is 0. The van der Waals surface area contributed by atoms with Crippen molar-refractivity contribution in [1.82, 2.24) is 14.5 Å². The van der Waals surface area contributed by atoms with E-state index < -0.39 is 0 Å². The van der Waals surface area contributed by atoms with Gasteiger partial charge < -0.3 is 13.9 Å². The lowest BCUT2D eigenvalue weighted by Gasteiger charge is -2.20. The number of aromatic nitrogens is 3. The molecule has 0 saturated heterocycles. The van der Waals surface area contributed by atoms with Gasteiger partial charge in [0.25, 0.3) is 0 Å². The second-order valence-corrected chi connectivity index (χ2v) is 13.5. The quantitative estimate of drug-likeness (QED) is 0.201. The van der Waals surface area contributed by atoms with Crippen LogP contribution in [0.5, 0.6) is 5.75 Å². The van der Waals surface area contributed by atoms with Crippen LogP contribution in [0, 0.1) is 0 Å². The molecule has 10 aromatic rings. The molecule has 4 aromatic heterocycles. The Morgan fingerprint density at radius 1 is 0.500 bits per heavy atom. The van der Waals surface area contributed by atoms with E-state index in [-0.39, 0.29) is 5.75 Å². The van der Waals surface area contributed by atoms with Gasteiger partial charge in [0, 0.05) is 44.6 Å². The molecule has 0 fully saturated rings. The Bertz CT molecular complexity index is 3040. The van der Waals surface area contributed by atoms with Crippen LogP contribution < -0.4 is 0 Å². The van der Waals surface area contributed by atoms with Gasteiger partial charge in [0.1, 0.15) is 39.6 Å². The van der Waals surface area contributed by atoms with Crippen molar-refractivity contribution in [3.8, 4) is 56.6 Å². The van der Waals surface area contributed by atoms with Crippen LogP contribution in [-0.2, 0) is 12.8 Å². The summed E-state index contributed by atoms with van der Waals surface area (Å²) in [6.07, 6.45) is 3.81. The van der Waals surface area contributed by atoms with Crippen molar-refractivity contribution in [3.63, 3.8) is 0 Å².